The second kappa shape index (κ2) is 9.97. The van der Waals surface area contributed by atoms with Gasteiger partial charge in [-0.1, -0.05) is 13.3 Å². The summed E-state index contributed by atoms with van der Waals surface area (Å²) in [6.45, 7) is 1.84. The molecular formula is C22H22F5N5O. The number of hydrogen-bond donors (Lipinski definition) is 2. The summed E-state index contributed by atoms with van der Waals surface area (Å²) in [6, 6.07) is 2.55. The molecule has 3 N–H and O–H groups in total. The third-order valence-corrected chi connectivity index (χ3v) is 5.02. The molecule has 0 radical (unpaired) electrons. The standard InChI is InChI=1S/C22H22F5N5O/c1-3-4-16-14(10-33)21(29-9-11-5-6-32(2)31-11)20(27)22(30-16)13-7-15(28)19(26)18(25)12(13)8-17(23)24/h5-7,10,17H,3-4,8-9,28H2,1-2H3,(H,29,30). The lowest BCUT2D eigenvalue weighted by Crippen LogP contribution is -2.13. The zero-order valence-corrected chi connectivity index (χ0v) is 17.9. The van der Waals surface area contributed by atoms with Crippen molar-refractivity contribution in [2.75, 3.05) is 11.1 Å². The SMILES string of the molecule is CCCc1nc(-c2cc(N)c(F)c(F)c2CC(F)F)c(F)c(NCc2ccn(C)n2)c1C=O. The van der Waals surface area contributed by atoms with Crippen LogP contribution in [0, 0.1) is 17.5 Å². The molecule has 1 aromatic carbocycles. The van der Waals surface area contributed by atoms with Crippen molar-refractivity contribution in [3.63, 3.8) is 0 Å². The van der Waals surface area contributed by atoms with Crippen LogP contribution in [0.25, 0.3) is 11.3 Å². The van der Waals surface area contributed by atoms with Crippen LogP contribution in [0.15, 0.2) is 18.3 Å². The minimum atomic E-state index is -3.03. The van der Waals surface area contributed by atoms with Gasteiger partial charge >= 0.3 is 0 Å². The minimum Gasteiger partial charge on any atom is -0.396 e. The number of nitrogens with one attached hydrogen (secondary N) is 1. The van der Waals surface area contributed by atoms with Crippen molar-refractivity contribution in [2.45, 2.75) is 39.2 Å². The average Bonchev–Trinajstić information content (AvgIpc) is 3.19. The Hall–Kier alpha value is -3.50. The maximum atomic E-state index is 15.7. The van der Waals surface area contributed by atoms with E-state index >= 15 is 4.39 Å². The summed E-state index contributed by atoms with van der Waals surface area (Å²) in [7, 11) is 1.70. The van der Waals surface area contributed by atoms with Gasteiger partial charge < -0.3 is 11.1 Å². The van der Waals surface area contributed by atoms with Crippen LogP contribution in [0.2, 0.25) is 0 Å². The van der Waals surface area contributed by atoms with Crippen molar-refractivity contribution in [1.82, 2.24) is 14.8 Å². The summed E-state index contributed by atoms with van der Waals surface area (Å²) >= 11 is 0. The van der Waals surface area contributed by atoms with Gasteiger partial charge in [-0.25, -0.2) is 26.9 Å². The fourth-order valence-electron chi connectivity index (χ4n) is 3.52. The van der Waals surface area contributed by atoms with Gasteiger partial charge in [0.25, 0.3) is 0 Å². The third kappa shape index (κ3) is 4.96. The van der Waals surface area contributed by atoms with Crippen molar-refractivity contribution in [2.24, 2.45) is 7.05 Å². The van der Waals surface area contributed by atoms with Gasteiger partial charge in [0.05, 0.1) is 34.9 Å². The van der Waals surface area contributed by atoms with Crippen molar-refractivity contribution in [3.8, 4) is 11.3 Å². The molecule has 176 valence electrons. The molecule has 6 nitrogen and oxygen atoms in total. The maximum absolute atomic E-state index is 15.7. The van der Waals surface area contributed by atoms with E-state index in [0.717, 1.165) is 6.07 Å². The van der Waals surface area contributed by atoms with Gasteiger partial charge in [0.1, 0.15) is 5.69 Å². The highest BCUT2D eigenvalue weighted by molar-refractivity contribution is 5.88. The first-order chi connectivity index (χ1) is 15.7. The molecule has 0 saturated carbocycles. The van der Waals surface area contributed by atoms with Crippen LogP contribution >= 0.6 is 0 Å². The van der Waals surface area contributed by atoms with E-state index in [4.69, 9.17) is 5.73 Å². The van der Waals surface area contributed by atoms with Gasteiger partial charge in [0.2, 0.25) is 6.43 Å². The van der Waals surface area contributed by atoms with E-state index in [2.05, 4.69) is 15.4 Å². The summed E-state index contributed by atoms with van der Waals surface area (Å²) in [4.78, 5) is 16.0. The van der Waals surface area contributed by atoms with Crippen LogP contribution in [-0.4, -0.2) is 27.5 Å². The number of aryl methyl sites for hydroxylation is 2. The summed E-state index contributed by atoms with van der Waals surface area (Å²) in [5.41, 5.74) is 3.59. The molecule has 0 bridgehead atoms. The van der Waals surface area contributed by atoms with Crippen molar-refractivity contribution < 1.29 is 26.7 Å². The number of hydrogen-bond acceptors (Lipinski definition) is 5. The van der Waals surface area contributed by atoms with Crippen LogP contribution in [-0.2, 0) is 26.4 Å². The first-order valence-corrected chi connectivity index (χ1v) is 10.1. The van der Waals surface area contributed by atoms with E-state index in [0.29, 0.717) is 18.4 Å². The lowest BCUT2D eigenvalue weighted by atomic mass is 9.96. The quantitative estimate of drug-likeness (QED) is 0.272. The fourth-order valence-corrected chi connectivity index (χ4v) is 3.52. The Morgan fingerprint density at radius 3 is 2.52 bits per heavy atom. The predicted molar refractivity (Wildman–Crippen MR) is 114 cm³/mol. The number of carbonyl (C=O) groups is 1. The van der Waals surface area contributed by atoms with Crippen molar-refractivity contribution >= 4 is 17.7 Å². The number of nitrogens with zero attached hydrogens (tertiary/aromatic N) is 3. The molecule has 0 saturated heterocycles. The number of carbonyl (C=O) groups excluding carboxylic acids is 1. The molecule has 0 aliphatic rings. The number of halogens is 5. The number of alkyl halides is 2. The highest BCUT2D eigenvalue weighted by Gasteiger charge is 2.27. The zero-order valence-electron chi connectivity index (χ0n) is 17.9. The Balaban J connectivity index is 2.24. The second-order valence-electron chi connectivity index (χ2n) is 7.43. The van der Waals surface area contributed by atoms with Gasteiger partial charge in [-0.3, -0.25) is 9.48 Å². The van der Waals surface area contributed by atoms with Crippen molar-refractivity contribution in [3.05, 3.63) is 58.3 Å². The van der Waals surface area contributed by atoms with E-state index in [1.54, 1.807) is 26.2 Å². The summed E-state index contributed by atoms with van der Waals surface area (Å²) < 4.78 is 72.0. The second-order valence-corrected chi connectivity index (χ2v) is 7.43. The zero-order chi connectivity index (χ0) is 24.3. The molecule has 0 atom stereocenters. The predicted octanol–water partition coefficient (Wildman–Crippen LogP) is 4.67. The average molecular weight is 467 g/mol. The highest BCUT2D eigenvalue weighted by atomic mass is 19.3. The van der Waals surface area contributed by atoms with Gasteiger partial charge in [-0.15, -0.1) is 0 Å². The van der Waals surface area contributed by atoms with Crippen LogP contribution < -0.4 is 11.1 Å². The molecule has 3 aromatic rings. The van der Waals surface area contributed by atoms with E-state index in [-0.39, 0.29) is 29.9 Å². The molecule has 11 heteroatoms. The molecule has 0 unspecified atom stereocenters. The number of nitrogen functional groups attached to an aromatic ring is 1. The summed E-state index contributed by atoms with van der Waals surface area (Å²) in [5.74, 6) is -4.17. The molecule has 0 aliphatic carbocycles. The van der Waals surface area contributed by atoms with Crippen LogP contribution in [0.3, 0.4) is 0 Å². The Kier molecular flexibility index (Phi) is 7.29. The van der Waals surface area contributed by atoms with Crippen LogP contribution in [0.5, 0.6) is 0 Å². The Bertz CT molecular complexity index is 1180. The van der Waals surface area contributed by atoms with Crippen molar-refractivity contribution in [1.29, 1.82) is 0 Å². The Morgan fingerprint density at radius 2 is 1.94 bits per heavy atom. The first-order valence-electron chi connectivity index (χ1n) is 10.1. The topological polar surface area (TPSA) is 85.8 Å². The summed E-state index contributed by atoms with van der Waals surface area (Å²) in [6.07, 6.45) is -1.31. The number of rotatable bonds is 9. The van der Waals surface area contributed by atoms with E-state index in [1.165, 1.54) is 4.68 Å². The normalized spacial score (nSPS) is 11.3. The van der Waals surface area contributed by atoms with E-state index in [1.807, 2.05) is 0 Å². The van der Waals surface area contributed by atoms with Crippen LogP contribution in [0.4, 0.5) is 33.3 Å². The Morgan fingerprint density at radius 1 is 1.21 bits per heavy atom. The molecule has 0 fully saturated rings. The third-order valence-electron chi connectivity index (χ3n) is 5.02. The lowest BCUT2D eigenvalue weighted by molar-refractivity contribution is 0.112. The number of pyridine rings is 1. The fraction of sp³-hybridized carbons (Fsp3) is 0.318. The molecule has 2 aromatic heterocycles. The highest BCUT2D eigenvalue weighted by Crippen LogP contribution is 2.36. The van der Waals surface area contributed by atoms with E-state index < -0.39 is 52.8 Å². The Labute approximate surface area is 186 Å². The lowest BCUT2D eigenvalue weighted by Gasteiger charge is -2.18. The van der Waals surface area contributed by atoms with E-state index in [9.17, 15) is 22.4 Å². The number of benzene rings is 1. The molecule has 0 spiro atoms. The first kappa shape index (κ1) is 24.1. The van der Waals surface area contributed by atoms with Gasteiger partial charge in [0.15, 0.2) is 23.7 Å². The molecule has 0 aliphatic heterocycles. The number of nitrogens with two attached hydrogens (primary N) is 1. The number of aldehydes is 1. The van der Waals surface area contributed by atoms with Gasteiger partial charge in [-0.2, -0.15) is 5.10 Å². The number of aromatic nitrogens is 3. The molecule has 2 heterocycles. The molecular weight excluding hydrogens is 445 g/mol. The summed E-state index contributed by atoms with van der Waals surface area (Å²) in [5, 5.41) is 6.97. The smallest absolute Gasteiger partial charge is 0.242 e. The molecule has 3 rings (SSSR count). The monoisotopic (exact) mass is 467 g/mol. The number of anilines is 2. The van der Waals surface area contributed by atoms with Gasteiger partial charge in [-0.05, 0) is 18.6 Å². The van der Waals surface area contributed by atoms with Gasteiger partial charge in [0, 0.05) is 30.8 Å². The molecule has 0 amide bonds. The maximum Gasteiger partial charge on any atom is 0.242 e. The largest absolute Gasteiger partial charge is 0.396 e. The molecule has 33 heavy (non-hydrogen) atoms. The van der Waals surface area contributed by atoms with Crippen LogP contribution in [0.1, 0.15) is 40.7 Å². The minimum absolute atomic E-state index is 0.0391.